The van der Waals surface area contributed by atoms with E-state index in [9.17, 15) is 0 Å². The average molecular weight is 153 g/mol. The van der Waals surface area contributed by atoms with Gasteiger partial charge in [0.15, 0.2) is 0 Å². The van der Waals surface area contributed by atoms with Crippen molar-refractivity contribution in [2.45, 2.75) is 32.7 Å². The smallest absolute Gasteiger partial charge is 0.120 e. The Bertz CT molecular complexity index is 215. The zero-order valence-corrected chi connectivity index (χ0v) is 7.13. The Morgan fingerprint density at radius 2 is 2.27 bits per heavy atom. The Balaban J connectivity index is 2.66. The second-order valence-electron chi connectivity index (χ2n) is 2.84. The molecule has 1 atom stereocenters. The van der Waals surface area contributed by atoms with Crippen molar-refractivity contribution in [3.05, 3.63) is 23.7 Å². The van der Waals surface area contributed by atoms with Crippen LogP contribution in [0.25, 0.3) is 0 Å². The maximum atomic E-state index is 5.63. The highest BCUT2D eigenvalue weighted by molar-refractivity contribution is 5.09. The van der Waals surface area contributed by atoms with Crippen molar-refractivity contribution < 1.29 is 4.42 Å². The quantitative estimate of drug-likeness (QED) is 0.723. The molecule has 0 aliphatic rings. The summed E-state index contributed by atoms with van der Waals surface area (Å²) < 4.78 is 5.46. The van der Waals surface area contributed by atoms with E-state index >= 15 is 0 Å². The van der Waals surface area contributed by atoms with Gasteiger partial charge < -0.3 is 10.2 Å². The first-order chi connectivity index (χ1) is 5.24. The van der Waals surface area contributed by atoms with Gasteiger partial charge in [-0.1, -0.05) is 6.92 Å². The molecular formula is C9H15NO. The molecule has 0 aromatic carbocycles. The van der Waals surface area contributed by atoms with Crippen molar-refractivity contribution in [2.24, 2.45) is 5.73 Å². The number of furan rings is 1. The molecule has 11 heavy (non-hydrogen) atoms. The van der Waals surface area contributed by atoms with Crippen molar-refractivity contribution in [2.75, 3.05) is 0 Å². The molecule has 1 unspecified atom stereocenters. The van der Waals surface area contributed by atoms with E-state index < -0.39 is 0 Å². The van der Waals surface area contributed by atoms with Crippen LogP contribution in [-0.4, -0.2) is 0 Å². The van der Waals surface area contributed by atoms with Crippen molar-refractivity contribution in [3.63, 3.8) is 0 Å². The highest BCUT2D eigenvalue weighted by Gasteiger charge is 2.04. The molecule has 0 saturated heterocycles. The molecule has 2 N–H and O–H groups in total. The first-order valence-electron chi connectivity index (χ1n) is 4.08. The van der Waals surface area contributed by atoms with E-state index in [1.54, 1.807) is 0 Å². The van der Waals surface area contributed by atoms with E-state index in [2.05, 4.69) is 6.92 Å². The molecule has 62 valence electrons. The Morgan fingerprint density at radius 3 is 2.73 bits per heavy atom. The molecule has 2 heteroatoms. The lowest BCUT2D eigenvalue weighted by atomic mass is 10.2. The number of aryl methyl sites for hydroxylation is 1. The summed E-state index contributed by atoms with van der Waals surface area (Å²) in [6, 6.07) is 3.97. The van der Waals surface area contributed by atoms with Gasteiger partial charge in [-0.2, -0.15) is 0 Å². The fourth-order valence-corrected chi connectivity index (χ4v) is 1.02. The van der Waals surface area contributed by atoms with Gasteiger partial charge in [0.2, 0.25) is 0 Å². The molecule has 0 fully saturated rings. The second kappa shape index (κ2) is 3.58. The topological polar surface area (TPSA) is 39.2 Å². The van der Waals surface area contributed by atoms with Crippen LogP contribution in [0.15, 0.2) is 16.5 Å². The van der Waals surface area contributed by atoms with E-state index in [0.29, 0.717) is 0 Å². The summed E-state index contributed by atoms with van der Waals surface area (Å²) in [7, 11) is 0. The van der Waals surface area contributed by atoms with Crippen molar-refractivity contribution in [3.8, 4) is 0 Å². The van der Waals surface area contributed by atoms with Gasteiger partial charge in [0.1, 0.15) is 11.5 Å². The van der Waals surface area contributed by atoms with Crippen LogP contribution in [0.2, 0.25) is 0 Å². The average Bonchev–Trinajstić information content (AvgIpc) is 2.37. The van der Waals surface area contributed by atoms with Crippen molar-refractivity contribution in [1.29, 1.82) is 0 Å². The summed E-state index contributed by atoms with van der Waals surface area (Å²) in [4.78, 5) is 0. The van der Waals surface area contributed by atoms with Gasteiger partial charge in [0, 0.05) is 6.42 Å². The first-order valence-corrected chi connectivity index (χ1v) is 4.08. The Kier molecular flexibility index (Phi) is 2.71. The largest absolute Gasteiger partial charge is 0.464 e. The monoisotopic (exact) mass is 153 g/mol. The van der Waals surface area contributed by atoms with Crippen LogP contribution in [0.4, 0.5) is 0 Å². The van der Waals surface area contributed by atoms with Crippen LogP contribution >= 0.6 is 0 Å². The van der Waals surface area contributed by atoms with Gasteiger partial charge in [-0.05, 0) is 25.5 Å². The zero-order valence-electron chi connectivity index (χ0n) is 7.13. The Labute approximate surface area is 67.4 Å². The molecule has 1 aromatic heterocycles. The van der Waals surface area contributed by atoms with Crippen LogP contribution in [0.5, 0.6) is 0 Å². The molecule has 1 heterocycles. The molecule has 0 saturated carbocycles. The minimum atomic E-state index is 0.0145. The van der Waals surface area contributed by atoms with E-state index in [-0.39, 0.29) is 6.04 Å². The maximum absolute atomic E-state index is 5.63. The van der Waals surface area contributed by atoms with Crippen LogP contribution in [0.1, 0.15) is 37.8 Å². The molecule has 0 amide bonds. The fraction of sp³-hybridized carbons (Fsp3) is 0.556. The van der Waals surface area contributed by atoms with Crippen LogP contribution < -0.4 is 5.73 Å². The Hall–Kier alpha value is -0.760. The zero-order chi connectivity index (χ0) is 8.27. The third-order valence-corrected chi connectivity index (χ3v) is 1.63. The predicted molar refractivity (Wildman–Crippen MR) is 45.3 cm³/mol. The van der Waals surface area contributed by atoms with E-state index in [4.69, 9.17) is 10.2 Å². The molecule has 1 aromatic rings. The minimum absolute atomic E-state index is 0.0145. The van der Waals surface area contributed by atoms with Crippen LogP contribution in [0.3, 0.4) is 0 Å². The normalized spacial score (nSPS) is 13.4. The number of hydrogen-bond donors (Lipinski definition) is 1. The highest BCUT2D eigenvalue weighted by atomic mass is 16.3. The van der Waals surface area contributed by atoms with Crippen LogP contribution in [0, 0.1) is 0 Å². The summed E-state index contributed by atoms with van der Waals surface area (Å²) in [5, 5.41) is 0. The lowest BCUT2D eigenvalue weighted by Gasteiger charge is -1.98. The molecule has 0 bridgehead atoms. The number of nitrogens with two attached hydrogens (primary N) is 1. The fourth-order valence-electron chi connectivity index (χ4n) is 1.02. The van der Waals surface area contributed by atoms with Gasteiger partial charge in [0.05, 0.1) is 6.04 Å². The highest BCUT2D eigenvalue weighted by Crippen LogP contribution is 2.14. The third kappa shape index (κ3) is 2.09. The van der Waals surface area contributed by atoms with E-state index in [1.165, 1.54) is 0 Å². The van der Waals surface area contributed by atoms with Gasteiger partial charge in [-0.25, -0.2) is 0 Å². The van der Waals surface area contributed by atoms with Gasteiger partial charge in [-0.3, -0.25) is 0 Å². The summed E-state index contributed by atoms with van der Waals surface area (Å²) >= 11 is 0. The molecule has 0 aliphatic heterocycles. The van der Waals surface area contributed by atoms with E-state index in [1.807, 2.05) is 19.1 Å². The minimum Gasteiger partial charge on any atom is -0.464 e. The summed E-state index contributed by atoms with van der Waals surface area (Å²) in [6.07, 6.45) is 2.12. The molecular weight excluding hydrogens is 138 g/mol. The second-order valence-corrected chi connectivity index (χ2v) is 2.84. The van der Waals surface area contributed by atoms with Gasteiger partial charge in [0.25, 0.3) is 0 Å². The summed E-state index contributed by atoms with van der Waals surface area (Å²) in [5.74, 6) is 1.92. The SMILES string of the molecule is CCCc1ccc(C(C)N)o1. The van der Waals surface area contributed by atoms with Crippen LogP contribution in [-0.2, 0) is 6.42 Å². The maximum Gasteiger partial charge on any atom is 0.120 e. The molecule has 2 nitrogen and oxygen atoms in total. The predicted octanol–water partition coefficient (Wildman–Crippen LogP) is 2.25. The van der Waals surface area contributed by atoms with Crippen molar-refractivity contribution >= 4 is 0 Å². The lowest BCUT2D eigenvalue weighted by molar-refractivity contribution is 0.440. The molecule has 0 spiro atoms. The first kappa shape index (κ1) is 8.34. The Morgan fingerprint density at radius 1 is 1.55 bits per heavy atom. The summed E-state index contributed by atoms with van der Waals surface area (Å²) in [6.45, 7) is 4.06. The third-order valence-electron chi connectivity index (χ3n) is 1.63. The number of hydrogen-bond acceptors (Lipinski definition) is 2. The summed E-state index contributed by atoms with van der Waals surface area (Å²) in [5.41, 5.74) is 5.63. The van der Waals surface area contributed by atoms with E-state index in [0.717, 1.165) is 24.4 Å². The molecule has 0 aliphatic carbocycles. The molecule has 1 rings (SSSR count). The van der Waals surface area contributed by atoms with Gasteiger partial charge in [-0.15, -0.1) is 0 Å². The molecule has 0 radical (unpaired) electrons. The standard InChI is InChI=1S/C9H15NO/c1-3-4-8-5-6-9(11-8)7(2)10/h5-7H,3-4,10H2,1-2H3. The lowest BCUT2D eigenvalue weighted by Crippen LogP contribution is -2.02. The number of rotatable bonds is 3. The van der Waals surface area contributed by atoms with Crippen molar-refractivity contribution in [1.82, 2.24) is 0 Å². The van der Waals surface area contributed by atoms with Gasteiger partial charge >= 0.3 is 0 Å².